The van der Waals surface area contributed by atoms with Gasteiger partial charge in [-0.3, -0.25) is 0 Å². The van der Waals surface area contributed by atoms with Crippen molar-refractivity contribution in [2.24, 2.45) is 0 Å². The lowest BCUT2D eigenvalue weighted by molar-refractivity contribution is 0.0475. The second kappa shape index (κ2) is 6.55. The summed E-state index contributed by atoms with van der Waals surface area (Å²) in [7, 11) is 0. The molecule has 1 aliphatic carbocycles. The highest BCUT2D eigenvalue weighted by Gasteiger charge is 2.30. The second-order valence-corrected chi connectivity index (χ2v) is 5.13. The van der Waals surface area contributed by atoms with Crippen molar-refractivity contribution in [1.29, 1.82) is 5.26 Å². The number of nitrogens with one attached hydrogen (secondary N) is 1. The Morgan fingerprint density at radius 2 is 1.95 bits per heavy atom. The van der Waals surface area contributed by atoms with E-state index in [-0.39, 0.29) is 6.61 Å². The molecule has 0 aromatic heterocycles. The molecule has 0 unspecified atom stereocenters. The van der Waals surface area contributed by atoms with E-state index in [1.807, 2.05) is 30.3 Å². The molecule has 1 saturated carbocycles. The van der Waals surface area contributed by atoms with Gasteiger partial charge in [0.1, 0.15) is 11.8 Å². The third-order valence-electron chi connectivity index (χ3n) is 3.54. The summed E-state index contributed by atoms with van der Waals surface area (Å²) in [6.45, 7) is 1.46. The van der Waals surface area contributed by atoms with Crippen LogP contribution in [0.25, 0.3) is 0 Å². The van der Waals surface area contributed by atoms with Gasteiger partial charge in [-0.05, 0) is 30.5 Å². The van der Waals surface area contributed by atoms with Crippen LogP contribution in [-0.4, -0.2) is 23.9 Å². The largest absolute Gasteiger partial charge is 0.479 e. The van der Waals surface area contributed by atoms with Gasteiger partial charge in [0.2, 0.25) is 0 Å². The van der Waals surface area contributed by atoms with Crippen molar-refractivity contribution >= 4 is 0 Å². The maximum absolute atomic E-state index is 10.2. The molecule has 2 rings (SSSR count). The van der Waals surface area contributed by atoms with E-state index in [0.717, 1.165) is 37.8 Å². The van der Waals surface area contributed by atoms with E-state index in [0.29, 0.717) is 12.3 Å². The summed E-state index contributed by atoms with van der Waals surface area (Å²) in [4.78, 5) is 0. The van der Waals surface area contributed by atoms with Crippen LogP contribution < -0.4 is 10.1 Å². The maximum Gasteiger partial charge on any atom is 0.174 e. The van der Waals surface area contributed by atoms with E-state index < -0.39 is 5.60 Å². The standard InChI is InChI=1S/C15H20N2O2/c16-9-10-19-14-5-3-13(4-6-14)11-17-12-15(18)7-1-2-8-15/h3-6,17-18H,1-2,7-8,10-12H2. The molecule has 0 spiro atoms. The lowest BCUT2D eigenvalue weighted by atomic mass is 10.0. The van der Waals surface area contributed by atoms with Gasteiger partial charge >= 0.3 is 0 Å². The monoisotopic (exact) mass is 260 g/mol. The van der Waals surface area contributed by atoms with Gasteiger partial charge in [0.05, 0.1) is 5.60 Å². The molecule has 4 heteroatoms. The SMILES string of the molecule is N#CCOc1ccc(CNCC2(O)CCCC2)cc1. The Morgan fingerprint density at radius 3 is 2.58 bits per heavy atom. The summed E-state index contributed by atoms with van der Waals surface area (Å²) < 4.78 is 5.19. The summed E-state index contributed by atoms with van der Waals surface area (Å²) in [6, 6.07) is 9.60. The van der Waals surface area contributed by atoms with Crippen molar-refractivity contribution < 1.29 is 9.84 Å². The third kappa shape index (κ3) is 4.23. The molecule has 102 valence electrons. The first-order valence-electron chi connectivity index (χ1n) is 6.74. The van der Waals surface area contributed by atoms with Crippen LogP contribution in [0.2, 0.25) is 0 Å². The molecular formula is C15H20N2O2. The fourth-order valence-corrected chi connectivity index (χ4v) is 2.47. The lowest BCUT2D eigenvalue weighted by Crippen LogP contribution is -2.37. The molecular weight excluding hydrogens is 240 g/mol. The van der Waals surface area contributed by atoms with E-state index >= 15 is 0 Å². The highest BCUT2D eigenvalue weighted by Crippen LogP contribution is 2.28. The third-order valence-corrected chi connectivity index (χ3v) is 3.54. The minimum Gasteiger partial charge on any atom is -0.479 e. The average molecular weight is 260 g/mol. The molecule has 0 radical (unpaired) electrons. The first kappa shape index (κ1) is 13.9. The van der Waals surface area contributed by atoms with Gasteiger partial charge < -0.3 is 15.2 Å². The lowest BCUT2D eigenvalue weighted by Gasteiger charge is -2.22. The van der Waals surface area contributed by atoms with E-state index in [2.05, 4.69) is 5.32 Å². The number of hydrogen-bond acceptors (Lipinski definition) is 4. The highest BCUT2D eigenvalue weighted by molar-refractivity contribution is 5.27. The number of ether oxygens (including phenoxy) is 1. The van der Waals surface area contributed by atoms with E-state index in [1.165, 1.54) is 0 Å². The summed E-state index contributed by atoms with van der Waals surface area (Å²) in [5.41, 5.74) is 0.640. The fraction of sp³-hybridized carbons (Fsp3) is 0.533. The molecule has 0 amide bonds. The van der Waals surface area contributed by atoms with Gasteiger partial charge in [0.15, 0.2) is 6.61 Å². The first-order chi connectivity index (χ1) is 9.22. The van der Waals surface area contributed by atoms with Crippen molar-refractivity contribution in [1.82, 2.24) is 5.32 Å². The average Bonchev–Trinajstić information content (AvgIpc) is 2.85. The number of hydrogen-bond donors (Lipinski definition) is 2. The number of benzene rings is 1. The topological polar surface area (TPSA) is 65.3 Å². The number of aliphatic hydroxyl groups is 1. The van der Waals surface area contributed by atoms with Crippen LogP contribution in [0.15, 0.2) is 24.3 Å². The van der Waals surface area contributed by atoms with Crippen LogP contribution in [0, 0.1) is 11.3 Å². The van der Waals surface area contributed by atoms with Gasteiger partial charge in [-0.15, -0.1) is 0 Å². The van der Waals surface area contributed by atoms with Crippen LogP contribution >= 0.6 is 0 Å². The second-order valence-electron chi connectivity index (χ2n) is 5.13. The van der Waals surface area contributed by atoms with Crippen LogP contribution in [0.5, 0.6) is 5.75 Å². The van der Waals surface area contributed by atoms with Crippen LogP contribution in [0.4, 0.5) is 0 Å². The van der Waals surface area contributed by atoms with Crippen molar-refractivity contribution in [3.05, 3.63) is 29.8 Å². The normalized spacial score (nSPS) is 17.1. The molecule has 0 saturated heterocycles. The molecule has 4 nitrogen and oxygen atoms in total. The van der Waals surface area contributed by atoms with E-state index in [4.69, 9.17) is 10.00 Å². The highest BCUT2D eigenvalue weighted by atomic mass is 16.5. The van der Waals surface area contributed by atoms with Gasteiger partial charge in [0, 0.05) is 13.1 Å². The first-order valence-corrected chi connectivity index (χ1v) is 6.74. The van der Waals surface area contributed by atoms with Gasteiger partial charge in [-0.2, -0.15) is 5.26 Å². The molecule has 0 bridgehead atoms. The minimum absolute atomic E-state index is 0.0740. The van der Waals surface area contributed by atoms with Crippen molar-refractivity contribution in [3.63, 3.8) is 0 Å². The van der Waals surface area contributed by atoms with Gasteiger partial charge in [-0.25, -0.2) is 0 Å². The summed E-state index contributed by atoms with van der Waals surface area (Å²) >= 11 is 0. The zero-order valence-electron chi connectivity index (χ0n) is 11.1. The van der Waals surface area contributed by atoms with E-state index in [1.54, 1.807) is 0 Å². The summed E-state index contributed by atoms with van der Waals surface area (Å²) in [5.74, 6) is 0.708. The van der Waals surface area contributed by atoms with Gasteiger partial charge in [0.25, 0.3) is 0 Å². The quantitative estimate of drug-likeness (QED) is 0.821. The molecule has 1 fully saturated rings. The molecule has 0 heterocycles. The van der Waals surface area contributed by atoms with Crippen molar-refractivity contribution in [3.8, 4) is 11.8 Å². The Morgan fingerprint density at radius 1 is 1.26 bits per heavy atom. The van der Waals surface area contributed by atoms with Crippen LogP contribution in [0.1, 0.15) is 31.2 Å². The zero-order chi connectivity index (χ0) is 13.6. The molecule has 1 aliphatic rings. The molecule has 0 atom stereocenters. The van der Waals surface area contributed by atoms with Crippen LogP contribution in [-0.2, 0) is 6.54 Å². The summed E-state index contributed by atoms with van der Waals surface area (Å²) in [5, 5.41) is 21.9. The Hall–Kier alpha value is -1.57. The Bertz CT molecular complexity index is 430. The van der Waals surface area contributed by atoms with E-state index in [9.17, 15) is 5.11 Å². The molecule has 19 heavy (non-hydrogen) atoms. The smallest absolute Gasteiger partial charge is 0.174 e. The molecule has 1 aromatic rings. The van der Waals surface area contributed by atoms with Crippen molar-refractivity contribution in [2.75, 3.05) is 13.2 Å². The van der Waals surface area contributed by atoms with Crippen molar-refractivity contribution in [2.45, 2.75) is 37.8 Å². The van der Waals surface area contributed by atoms with Gasteiger partial charge in [-0.1, -0.05) is 25.0 Å². The Labute approximate surface area is 114 Å². The minimum atomic E-state index is -0.504. The number of nitrogens with zero attached hydrogens (tertiary/aromatic N) is 1. The maximum atomic E-state index is 10.2. The Balaban J connectivity index is 1.75. The molecule has 1 aromatic carbocycles. The number of nitriles is 1. The fourth-order valence-electron chi connectivity index (χ4n) is 2.47. The molecule has 0 aliphatic heterocycles. The molecule has 2 N–H and O–H groups in total. The van der Waals surface area contributed by atoms with Crippen LogP contribution in [0.3, 0.4) is 0 Å². The predicted octanol–water partition coefficient (Wildman–Crippen LogP) is 1.98. The number of rotatable bonds is 6. The predicted molar refractivity (Wildman–Crippen MR) is 72.7 cm³/mol. The summed E-state index contributed by atoms with van der Waals surface area (Å²) in [6.07, 6.45) is 4.06. The Kier molecular flexibility index (Phi) is 4.78. The zero-order valence-corrected chi connectivity index (χ0v) is 11.1.